The third kappa shape index (κ3) is 7.92. The largest absolute Gasteiger partial charge is 0.490 e. The molecule has 0 spiro atoms. The molecule has 1 aliphatic heterocycles. The fraction of sp³-hybridized carbons (Fsp3) is 0.367. The van der Waals surface area contributed by atoms with Gasteiger partial charge in [0.1, 0.15) is 5.82 Å². The third-order valence-electron chi connectivity index (χ3n) is 7.38. The van der Waals surface area contributed by atoms with Gasteiger partial charge in [-0.2, -0.15) is 5.10 Å². The van der Waals surface area contributed by atoms with Crippen LogP contribution in [-0.4, -0.2) is 98.9 Å². The van der Waals surface area contributed by atoms with Crippen LogP contribution in [0.2, 0.25) is 0 Å². The van der Waals surface area contributed by atoms with Crippen LogP contribution < -0.4 is 15.0 Å². The van der Waals surface area contributed by atoms with E-state index in [1.54, 1.807) is 19.2 Å². The standard InChI is InChI=1S/C30H35F3N8O3S2/c1-19-17-25(38-37-19)34-28-27(44-4)29(41-15-13-40(14-16-41)12-11-39(2)3)36-30(35-28)45-20-5-7-21(8-6-20)46(42,43)18-22-23(31)9-10-24(32)26(22)33/h5-10,17H,11-16,18H2,1-4H3,(H2,34,35,36,37,38). The summed E-state index contributed by atoms with van der Waals surface area (Å²) in [5, 5.41) is 10.7. The van der Waals surface area contributed by atoms with Gasteiger partial charge < -0.3 is 19.9 Å². The molecule has 3 heterocycles. The Labute approximate surface area is 270 Å². The molecule has 0 radical (unpaired) electrons. The summed E-state index contributed by atoms with van der Waals surface area (Å²) in [5.41, 5.74) is 0.0143. The number of sulfone groups is 1. The number of H-pyrrole nitrogens is 1. The Hall–Kier alpha value is -3.86. The molecular weight excluding hydrogens is 642 g/mol. The first-order valence-corrected chi connectivity index (χ1v) is 16.9. The number of rotatable bonds is 12. The summed E-state index contributed by atoms with van der Waals surface area (Å²) in [6.07, 6.45) is 0. The summed E-state index contributed by atoms with van der Waals surface area (Å²) >= 11 is 1.20. The highest BCUT2D eigenvalue weighted by atomic mass is 32.2. The molecule has 0 amide bonds. The molecule has 2 aromatic heterocycles. The van der Waals surface area contributed by atoms with Crippen LogP contribution in [0.3, 0.4) is 0 Å². The summed E-state index contributed by atoms with van der Waals surface area (Å²) in [6, 6.07) is 8.91. The number of nitrogens with one attached hydrogen (secondary N) is 2. The van der Waals surface area contributed by atoms with E-state index < -0.39 is 38.6 Å². The molecule has 2 aromatic carbocycles. The zero-order valence-electron chi connectivity index (χ0n) is 25.8. The Bertz CT molecular complexity index is 1780. The highest BCUT2D eigenvalue weighted by Gasteiger charge is 2.26. The van der Waals surface area contributed by atoms with Gasteiger partial charge >= 0.3 is 0 Å². The van der Waals surface area contributed by atoms with Crippen LogP contribution in [0.5, 0.6) is 5.75 Å². The number of piperazine rings is 1. The highest BCUT2D eigenvalue weighted by Crippen LogP contribution is 2.38. The molecule has 4 aromatic rings. The molecule has 2 N–H and O–H groups in total. The normalized spacial score (nSPS) is 14.2. The maximum atomic E-state index is 14.2. The van der Waals surface area contributed by atoms with E-state index in [4.69, 9.17) is 14.7 Å². The fourth-order valence-corrected chi connectivity index (χ4v) is 6.99. The van der Waals surface area contributed by atoms with E-state index in [0.717, 1.165) is 45.0 Å². The number of halogens is 3. The average molecular weight is 677 g/mol. The van der Waals surface area contributed by atoms with Crippen molar-refractivity contribution in [3.63, 3.8) is 0 Å². The predicted molar refractivity (Wildman–Crippen MR) is 170 cm³/mol. The zero-order valence-corrected chi connectivity index (χ0v) is 27.5. The Kier molecular flexibility index (Phi) is 10.4. The number of ether oxygens (including phenoxy) is 1. The van der Waals surface area contributed by atoms with Crippen LogP contribution in [0.15, 0.2) is 57.4 Å². The van der Waals surface area contributed by atoms with Gasteiger partial charge in [-0.1, -0.05) is 0 Å². The lowest BCUT2D eigenvalue weighted by atomic mass is 10.2. The van der Waals surface area contributed by atoms with E-state index >= 15 is 0 Å². The Balaban J connectivity index is 1.40. The number of hydrogen-bond acceptors (Lipinski definition) is 11. The highest BCUT2D eigenvalue weighted by molar-refractivity contribution is 7.99. The predicted octanol–water partition coefficient (Wildman–Crippen LogP) is 4.49. The lowest BCUT2D eigenvalue weighted by Gasteiger charge is -2.36. The minimum atomic E-state index is -4.18. The van der Waals surface area contributed by atoms with Crippen molar-refractivity contribution in [2.75, 3.05) is 70.7 Å². The van der Waals surface area contributed by atoms with Crippen molar-refractivity contribution in [2.45, 2.75) is 27.6 Å². The average Bonchev–Trinajstić information content (AvgIpc) is 3.44. The first kappa shape index (κ1) is 33.5. The number of hydrogen-bond donors (Lipinski definition) is 2. The molecule has 1 saturated heterocycles. The first-order valence-electron chi connectivity index (χ1n) is 14.4. The number of aromatic amines is 1. The van der Waals surface area contributed by atoms with Gasteiger partial charge in [-0.15, -0.1) is 0 Å². The molecule has 1 aliphatic rings. The van der Waals surface area contributed by atoms with Crippen molar-refractivity contribution in [1.82, 2.24) is 30.0 Å². The Morgan fingerprint density at radius 1 is 1.02 bits per heavy atom. The number of aryl methyl sites for hydroxylation is 1. The summed E-state index contributed by atoms with van der Waals surface area (Å²) < 4.78 is 73.7. The van der Waals surface area contributed by atoms with Crippen LogP contribution in [0.25, 0.3) is 0 Å². The van der Waals surface area contributed by atoms with E-state index in [-0.39, 0.29) is 4.90 Å². The van der Waals surface area contributed by atoms with Crippen molar-refractivity contribution in [3.8, 4) is 5.75 Å². The molecule has 46 heavy (non-hydrogen) atoms. The molecule has 1 fully saturated rings. The van der Waals surface area contributed by atoms with E-state index in [0.29, 0.717) is 45.4 Å². The van der Waals surface area contributed by atoms with Crippen molar-refractivity contribution in [3.05, 3.63) is 71.2 Å². The zero-order chi connectivity index (χ0) is 33.0. The quantitative estimate of drug-likeness (QED) is 0.163. The summed E-state index contributed by atoms with van der Waals surface area (Å²) in [5.74, 6) is -2.96. The molecule has 16 heteroatoms. The number of aromatic nitrogens is 4. The van der Waals surface area contributed by atoms with Gasteiger partial charge in [0.25, 0.3) is 0 Å². The lowest BCUT2D eigenvalue weighted by Crippen LogP contribution is -2.48. The van der Waals surface area contributed by atoms with Gasteiger partial charge in [0, 0.05) is 61.5 Å². The topological polar surface area (TPSA) is 120 Å². The summed E-state index contributed by atoms with van der Waals surface area (Å²) in [7, 11) is 1.48. The number of anilines is 3. The number of benzene rings is 2. The monoisotopic (exact) mass is 676 g/mol. The molecule has 5 rings (SSSR count). The van der Waals surface area contributed by atoms with Crippen LogP contribution in [0.4, 0.5) is 30.6 Å². The summed E-state index contributed by atoms with van der Waals surface area (Å²) in [4.78, 5) is 16.7. The van der Waals surface area contributed by atoms with Crippen LogP contribution in [-0.2, 0) is 15.6 Å². The van der Waals surface area contributed by atoms with Crippen LogP contribution in [0, 0.1) is 24.4 Å². The Morgan fingerprint density at radius 2 is 1.72 bits per heavy atom. The molecule has 11 nitrogen and oxygen atoms in total. The number of nitrogens with zero attached hydrogens (tertiary/aromatic N) is 6. The van der Waals surface area contributed by atoms with Gasteiger partial charge in [-0.05, 0) is 69.2 Å². The Morgan fingerprint density at radius 3 is 2.35 bits per heavy atom. The van der Waals surface area contributed by atoms with Crippen molar-refractivity contribution in [1.29, 1.82) is 0 Å². The number of likely N-dealkylation sites (N-methyl/N-ethyl adjacent to an activating group) is 1. The summed E-state index contributed by atoms with van der Waals surface area (Å²) in [6.45, 7) is 6.97. The molecule has 0 bridgehead atoms. The van der Waals surface area contributed by atoms with Gasteiger partial charge in [-0.3, -0.25) is 10.00 Å². The second-order valence-electron chi connectivity index (χ2n) is 11.1. The fourth-order valence-electron chi connectivity index (χ4n) is 4.87. The van der Waals surface area contributed by atoms with Crippen molar-refractivity contribution >= 4 is 39.1 Å². The SMILES string of the molecule is COc1c(Nc2cc(C)[nH]n2)nc(Sc2ccc(S(=O)(=O)Cc3c(F)ccc(F)c3F)cc2)nc1N1CCN(CCN(C)C)CC1. The first-order chi connectivity index (χ1) is 21.9. The maximum absolute atomic E-state index is 14.2. The van der Waals surface area contributed by atoms with Crippen LogP contribution >= 0.6 is 11.8 Å². The van der Waals surface area contributed by atoms with E-state index in [9.17, 15) is 21.6 Å². The molecule has 0 atom stereocenters. The number of methoxy groups -OCH3 is 1. The van der Waals surface area contributed by atoms with E-state index in [2.05, 4.69) is 44.3 Å². The van der Waals surface area contributed by atoms with Gasteiger partial charge in [0.2, 0.25) is 5.75 Å². The second kappa shape index (κ2) is 14.3. The molecule has 246 valence electrons. The van der Waals surface area contributed by atoms with E-state index in [1.165, 1.54) is 23.9 Å². The molecule has 0 unspecified atom stereocenters. The molecular formula is C30H35F3N8O3S2. The lowest BCUT2D eigenvalue weighted by molar-refractivity contribution is 0.228. The maximum Gasteiger partial charge on any atom is 0.204 e. The van der Waals surface area contributed by atoms with Crippen molar-refractivity contribution in [2.24, 2.45) is 0 Å². The van der Waals surface area contributed by atoms with Crippen molar-refractivity contribution < 1.29 is 26.3 Å². The van der Waals surface area contributed by atoms with Gasteiger partial charge in [0.15, 0.2) is 44.1 Å². The van der Waals surface area contributed by atoms with Gasteiger partial charge in [0.05, 0.1) is 17.8 Å². The minimum Gasteiger partial charge on any atom is -0.490 e. The minimum absolute atomic E-state index is 0.167. The molecule has 0 saturated carbocycles. The van der Waals surface area contributed by atoms with E-state index in [1.807, 2.05) is 13.0 Å². The van der Waals surface area contributed by atoms with Crippen LogP contribution in [0.1, 0.15) is 11.3 Å². The third-order valence-corrected chi connectivity index (χ3v) is 9.92. The van der Waals surface area contributed by atoms with Gasteiger partial charge in [-0.25, -0.2) is 31.6 Å². The second-order valence-corrected chi connectivity index (χ2v) is 14.1. The smallest absolute Gasteiger partial charge is 0.204 e. The molecule has 0 aliphatic carbocycles.